The maximum absolute atomic E-state index is 12.6. The van der Waals surface area contributed by atoms with E-state index in [1.807, 2.05) is 6.07 Å². The summed E-state index contributed by atoms with van der Waals surface area (Å²) in [5, 5.41) is 16.4. The number of alkyl halides is 3. The van der Waals surface area contributed by atoms with Crippen LogP contribution >= 0.6 is 0 Å². The number of fused-ring (bicyclic) bond motifs is 1. The first kappa shape index (κ1) is 18.3. The van der Waals surface area contributed by atoms with Gasteiger partial charge >= 0.3 is 15.6 Å². The Morgan fingerprint density at radius 2 is 2.27 bits per heavy atom. The first-order valence-electron chi connectivity index (χ1n) is 7.47. The number of hydrogen-bond donors (Lipinski definition) is 1. The highest BCUT2D eigenvalue weighted by Crippen LogP contribution is 2.32. The Morgan fingerprint density at radius 3 is 2.88 bits per heavy atom. The van der Waals surface area contributed by atoms with Crippen LogP contribution in [0.15, 0.2) is 18.3 Å². The van der Waals surface area contributed by atoms with Gasteiger partial charge in [0.25, 0.3) is 0 Å². The second-order valence-corrected chi connectivity index (χ2v) is 7.13. The molecule has 1 N–H and O–H groups in total. The molecule has 1 saturated heterocycles. The molecule has 140 valence electrons. The third-order valence-corrected chi connectivity index (χ3v) is 4.76. The van der Waals surface area contributed by atoms with Crippen molar-refractivity contribution in [3.63, 3.8) is 0 Å². The summed E-state index contributed by atoms with van der Waals surface area (Å²) in [4.78, 5) is 0. The van der Waals surface area contributed by atoms with Crippen molar-refractivity contribution in [3.8, 4) is 11.8 Å². The monoisotopic (exact) mass is 390 g/mol. The molecule has 0 radical (unpaired) electrons. The Labute approximate surface area is 146 Å². The van der Waals surface area contributed by atoms with Crippen LogP contribution in [0.1, 0.15) is 12.0 Å². The Hall–Kier alpha value is -2.52. The average molecular weight is 390 g/mol. The molecular formula is C14H13F3N4O4S. The molecule has 1 aliphatic heterocycles. The van der Waals surface area contributed by atoms with Crippen LogP contribution in [-0.2, 0) is 14.9 Å². The van der Waals surface area contributed by atoms with Crippen molar-refractivity contribution in [1.82, 2.24) is 9.61 Å². The van der Waals surface area contributed by atoms with Crippen LogP contribution in [0.3, 0.4) is 0 Å². The summed E-state index contributed by atoms with van der Waals surface area (Å²) in [7, 11) is -5.87. The van der Waals surface area contributed by atoms with Crippen LogP contribution in [-0.4, -0.2) is 43.3 Å². The number of ether oxygens (including phenoxy) is 1. The van der Waals surface area contributed by atoms with Crippen molar-refractivity contribution in [3.05, 3.63) is 23.9 Å². The van der Waals surface area contributed by atoms with E-state index in [2.05, 4.69) is 14.6 Å². The highest BCUT2D eigenvalue weighted by Gasteiger charge is 2.49. The summed E-state index contributed by atoms with van der Waals surface area (Å²) in [6, 6.07) is 4.11. The lowest BCUT2D eigenvalue weighted by molar-refractivity contribution is -0.0499. The van der Waals surface area contributed by atoms with Gasteiger partial charge in [-0.05, 0) is 18.6 Å². The number of nitrogens with one attached hydrogen (secondary N) is 1. The molecule has 1 fully saturated rings. The van der Waals surface area contributed by atoms with Crippen LogP contribution in [0.4, 0.5) is 19.0 Å². The van der Waals surface area contributed by atoms with Gasteiger partial charge in [0.05, 0.1) is 6.61 Å². The fourth-order valence-corrected chi connectivity index (χ4v) is 2.98. The standard InChI is InChI=1S/C14H13F3N4O4S/c15-14(16,17)26(22,23)25-11-2-1-4-21-12(11)10(6-18)13(20-21)19-7-9-3-5-24-8-9/h1-2,4,9H,3,5,7-8H2,(H,19,20). The first-order chi connectivity index (χ1) is 12.2. The quantitative estimate of drug-likeness (QED) is 0.614. The third-order valence-electron chi connectivity index (χ3n) is 3.80. The largest absolute Gasteiger partial charge is 0.534 e. The van der Waals surface area contributed by atoms with Gasteiger partial charge in [0.15, 0.2) is 11.6 Å². The summed E-state index contributed by atoms with van der Waals surface area (Å²) in [5.74, 6) is -0.293. The minimum absolute atomic E-state index is 0.114. The molecule has 2 aromatic rings. The number of aromatic nitrogens is 2. The number of nitrogens with zero attached hydrogens (tertiary/aromatic N) is 3. The van der Waals surface area contributed by atoms with E-state index in [4.69, 9.17) is 4.74 Å². The zero-order valence-corrected chi connectivity index (χ0v) is 14.0. The van der Waals surface area contributed by atoms with E-state index >= 15 is 0 Å². The van der Waals surface area contributed by atoms with Crippen LogP contribution < -0.4 is 9.50 Å². The average Bonchev–Trinajstić information content (AvgIpc) is 3.18. The summed E-state index contributed by atoms with van der Waals surface area (Å²) >= 11 is 0. The Bertz CT molecular complexity index is 959. The lowest BCUT2D eigenvalue weighted by Gasteiger charge is -2.10. The molecule has 0 amide bonds. The van der Waals surface area contributed by atoms with Crippen LogP contribution in [0, 0.1) is 17.2 Å². The summed E-state index contributed by atoms with van der Waals surface area (Å²) < 4.78 is 70.8. The smallest absolute Gasteiger partial charge is 0.381 e. The molecule has 1 aliphatic rings. The van der Waals surface area contributed by atoms with Crippen LogP contribution in [0.2, 0.25) is 0 Å². The molecule has 0 bridgehead atoms. The third kappa shape index (κ3) is 3.40. The van der Waals surface area contributed by atoms with Crippen molar-refractivity contribution < 1.29 is 30.5 Å². The Balaban J connectivity index is 1.97. The molecule has 1 unspecified atom stereocenters. The molecule has 0 aliphatic carbocycles. The van der Waals surface area contributed by atoms with E-state index in [1.54, 1.807) is 0 Å². The van der Waals surface area contributed by atoms with E-state index < -0.39 is 21.4 Å². The molecule has 0 aromatic carbocycles. The number of halogens is 3. The van der Waals surface area contributed by atoms with Crippen molar-refractivity contribution in [2.45, 2.75) is 11.9 Å². The summed E-state index contributed by atoms with van der Waals surface area (Å²) in [6.45, 7) is 1.64. The molecule has 2 aromatic heterocycles. The number of anilines is 1. The van der Waals surface area contributed by atoms with Gasteiger partial charge in [-0.1, -0.05) is 0 Å². The molecular weight excluding hydrogens is 377 g/mol. The lowest BCUT2D eigenvalue weighted by atomic mass is 10.1. The normalized spacial score (nSPS) is 18.0. The summed E-state index contributed by atoms with van der Waals surface area (Å²) in [5.41, 5.74) is -5.87. The molecule has 26 heavy (non-hydrogen) atoms. The van der Waals surface area contributed by atoms with Gasteiger partial charge in [0, 0.05) is 25.3 Å². The van der Waals surface area contributed by atoms with Crippen molar-refractivity contribution in [2.24, 2.45) is 5.92 Å². The van der Waals surface area contributed by atoms with E-state index in [0.29, 0.717) is 19.8 Å². The van der Waals surface area contributed by atoms with E-state index in [-0.39, 0.29) is 22.8 Å². The van der Waals surface area contributed by atoms with Crippen molar-refractivity contribution in [1.29, 1.82) is 5.26 Å². The zero-order chi connectivity index (χ0) is 18.9. The first-order valence-corrected chi connectivity index (χ1v) is 8.87. The van der Waals surface area contributed by atoms with Gasteiger partial charge in [-0.15, -0.1) is 5.10 Å². The number of nitriles is 1. The van der Waals surface area contributed by atoms with Gasteiger partial charge in [0.2, 0.25) is 0 Å². The minimum atomic E-state index is -5.87. The highest BCUT2D eigenvalue weighted by molar-refractivity contribution is 7.88. The van der Waals surface area contributed by atoms with Gasteiger partial charge in [0.1, 0.15) is 17.1 Å². The predicted molar refractivity (Wildman–Crippen MR) is 82.9 cm³/mol. The molecule has 1 atom stereocenters. The van der Waals surface area contributed by atoms with Gasteiger partial charge in [-0.3, -0.25) is 0 Å². The number of rotatable bonds is 5. The van der Waals surface area contributed by atoms with Crippen LogP contribution in [0.25, 0.3) is 5.52 Å². The fourth-order valence-electron chi connectivity index (χ4n) is 2.52. The Morgan fingerprint density at radius 1 is 1.50 bits per heavy atom. The molecule has 3 rings (SSSR count). The number of pyridine rings is 1. The van der Waals surface area contributed by atoms with Crippen molar-refractivity contribution in [2.75, 3.05) is 25.1 Å². The SMILES string of the molecule is N#Cc1c(NCC2CCOC2)nn2cccc(OS(=O)(=O)C(F)(F)F)c12. The van der Waals surface area contributed by atoms with E-state index in [9.17, 15) is 26.9 Å². The van der Waals surface area contributed by atoms with E-state index in [0.717, 1.165) is 17.0 Å². The fraction of sp³-hybridized carbons (Fsp3) is 0.429. The van der Waals surface area contributed by atoms with Gasteiger partial charge in [-0.2, -0.15) is 26.9 Å². The van der Waals surface area contributed by atoms with Crippen LogP contribution in [0.5, 0.6) is 5.75 Å². The molecule has 12 heteroatoms. The minimum Gasteiger partial charge on any atom is -0.381 e. The summed E-state index contributed by atoms with van der Waals surface area (Å²) in [6.07, 6.45) is 2.20. The van der Waals surface area contributed by atoms with Crippen molar-refractivity contribution >= 4 is 21.5 Å². The Kier molecular flexibility index (Phi) is 4.68. The maximum Gasteiger partial charge on any atom is 0.534 e. The predicted octanol–water partition coefficient (Wildman–Crippen LogP) is 1.88. The highest BCUT2D eigenvalue weighted by atomic mass is 32.2. The zero-order valence-electron chi connectivity index (χ0n) is 13.2. The maximum atomic E-state index is 12.6. The lowest BCUT2D eigenvalue weighted by Crippen LogP contribution is -2.28. The molecule has 0 saturated carbocycles. The van der Waals surface area contributed by atoms with Gasteiger partial charge < -0.3 is 14.2 Å². The second-order valence-electron chi connectivity index (χ2n) is 5.59. The molecule has 3 heterocycles. The molecule has 0 spiro atoms. The second kappa shape index (κ2) is 6.65. The number of hydrogen-bond acceptors (Lipinski definition) is 7. The van der Waals surface area contributed by atoms with E-state index in [1.165, 1.54) is 12.3 Å². The topological polar surface area (TPSA) is 106 Å². The van der Waals surface area contributed by atoms with Gasteiger partial charge in [-0.25, -0.2) is 4.52 Å². The molecule has 8 nitrogen and oxygen atoms in total.